The van der Waals surface area contributed by atoms with Gasteiger partial charge >= 0.3 is 11.9 Å². The smallest absolute Gasteiger partial charge is 0.338 e. The predicted molar refractivity (Wildman–Crippen MR) is 70.3 cm³/mol. The van der Waals surface area contributed by atoms with E-state index in [0.29, 0.717) is 17.9 Å². The number of hydrogen-bond acceptors (Lipinski definition) is 5. The first-order valence-corrected chi connectivity index (χ1v) is 5.98. The van der Waals surface area contributed by atoms with Crippen molar-refractivity contribution in [3.05, 3.63) is 23.9 Å². The van der Waals surface area contributed by atoms with Crippen molar-refractivity contribution in [1.29, 1.82) is 0 Å². The van der Waals surface area contributed by atoms with Gasteiger partial charge in [0, 0.05) is 18.8 Å². The largest absolute Gasteiger partial charge is 0.481 e. The summed E-state index contributed by atoms with van der Waals surface area (Å²) >= 11 is 0. The fourth-order valence-corrected chi connectivity index (χ4v) is 1.67. The third-order valence-electron chi connectivity index (χ3n) is 2.65. The number of carboxylic acid groups (broad SMARTS) is 1. The molecule has 0 aliphatic rings. The third kappa shape index (κ3) is 4.24. The Morgan fingerprint density at radius 1 is 1.47 bits per heavy atom. The second-order valence-electron chi connectivity index (χ2n) is 4.33. The second-order valence-corrected chi connectivity index (χ2v) is 4.33. The molecule has 0 unspecified atom stereocenters. The van der Waals surface area contributed by atoms with Gasteiger partial charge in [0.1, 0.15) is 5.82 Å². The first-order chi connectivity index (χ1) is 8.95. The molecular weight excluding hydrogens is 248 g/mol. The van der Waals surface area contributed by atoms with E-state index in [9.17, 15) is 9.59 Å². The van der Waals surface area contributed by atoms with Gasteiger partial charge in [0.15, 0.2) is 0 Å². The maximum Gasteiger partial charge on any atom is 0.338 e. The number of aromatic nitrogens is 1. The predicted octanol–water partition coefficient (Wildman–Crippen LogP) is 1.56. The average molecular weight is 266 g/mol. The number of aliphatic carboxylic acids is 1. The van der Waals surface area contributed by atoms with Crippen LogP contribution in [0.2, 0.25) is 0 Å². The zero-order valence-corrected chi connectivity index (χ0v) is 11.3. The Balaban J connectivity index is 2.96. The van der Waals surface area contributed by atoms with Crippen molar-refractivity contribution in [2.75, 3.05) is 18.6 Å². The highest BCUT2D eigenvalue weighted by molar-refractivity contribution is 5.90. The molecule has 1 N–H and O–H groups in total. The van der Waals surface area contributed by atoms with Gasteiger partial charge in [-0.2, -0.15) is 0 Å². The lowest BCUT2D eigenvalue weighted by Gasteiger charge is -2.27. The minimum Gasteiger partial charge on any atom is -0.481 e. The summed E-state index contributed by atoms with van der Waals surface area (Å²) < 4.78 is 4.65. The van der Waals surface area contributed by atoms with Crippen molar-refractivity contribution in [3.8, 4) is 0 Å². The van der Waals surface area contributed by atoms with E-state index in [-0.39, 0.29) is 12.5 Å². The van der Waals surface area contributed by atoms with Gasteiger partial charge in [0.2, 0.25) is 0 Å². The van der Waals surface area contributed by atoms with Gasteiger partial charge in [-0.05, 0) is 26.0 Å². The van der Waals surface area contributed by atoms with Crippen molar-refractivity contribution in [2.45, 2.75) is 26.3 Å². The van der Waals surface area contributed by atoms with E-state index in [4.69, 9.17) is 5.11 Å². The zero-order valence-electron chi connectivity index (χ0n) is 11.3. The Hall–Kier alpha value is -2.11. The van der Waals surface area contributed by atoms with Crippen LogP contribution >= 0.6 is 0 Å². The molecule has 0 saturated heterocycles. The fraction of sp³-hybridized carbons (Fsp3) is 0.462. The molecule has 1 rings (SSSR count). The number of nitrogens with zero attached hydrogens (tertiary/aromatic N) is 2. The molecule has 1 heterocycles. The molecule has 1 aromatic heterocycles. The number of rotatable bonds is 6. The zero-order chi connectivity index (χ0) is 14.4. The highest BCUT2D eigenvalue weighted by atomic mass is 16.5. The fourth-order valence-electron chi connectivity index (χ4n) is 1.67. The molecule has 104 valence electrons. The maximum absolute atomic E-state index is 11.5. The van der Waals surface area contributed by atoms with Gasteiger partial charge in [-0.25, -0.2) is 9.78 Å². The molecule has 0 aliphatic carbocycles. The Morgan fingerprint density at radius 3 is 2.68 bits per heavy atom. The highest BCUT2D eigenvalue weighted by Gasteiger charge is 2.15. The minimum atomic E-state index is -0.866. The summed E-state index contributed by atoms with van der Waals surface area (Å²) in [5.41, 5.74) is 0.397. The lowest BCUT2D eigenvalue weighted by Crippen LogP contribution is -2.33. The van der Waals surface area contributed by atoms with Crippen LogP contribution in [-0.2, 0) is 9.53 Å². The number of carbonyl (C=O) groups is 2. The molecule has 0 spiro atoms. The van der Waals surface area contributed by atoms with Crippen LogP contribution in [0.25, 0.3) is 0 Å². The summed E-state index contributed by atoms with van der Waals surface area (Å²) in [5.74, 6) is -0.737. The molecule has 0 bridgehead atoms. The lowest BCUT2D eigenvalue weighted by atomic mass is 10.2. The van der Waals surface area contributed by atoms with E-state index in [0.717, 1.165) is 0 Å². The van der Waals surface area contributed by atoms with Crippen LogP contribution < -0.4 is 4.90 Å². The summed E-state index contributed by atoms with van der Waals surface area (Å²) in [4.78, 5) is 28.1. The second kappa shape index (κ2) is 6.72. The van der Waals surface area contributed by atoms with E-state index >= 15 is 0 Å². The molecule has 0 atom stereocenters. The van der Waals surface area contributed by atoms with E-state index in [1.807, 2.05) is 18.7 Å². The first-order valence-electron chi connectivity index (χ1n) is 5.98. The molecule has 1 aromatic rings. The highest BCUT2D eigenvalue weighted by Crippen LogP contribution is 2.16. The number of carboxylic acids is 1. The number of esters is 1. The Kier molecular flexibility index (Phi) is 5.29. The summed E-state index contributed by atoms with van der Waals surface area (Å²) in [6, 6.07) is 3.25. The van der Waals surface area contributed by atoms with Crippen molar-refractivity contribution in [3.63, 3.8) is 0 Å². The van der Waals surface area contributed by atoms with Gasteiger partial charge in [-0.15, -0.1) is 0 Å². The molecule has 0 fully saturated rings. The van der Waals surface area contributed by atoms with Gasteiger partial charge in [-0.1, -0.05) is 0 Å². The van der Waals surface area contributed by atoms with Crippen molar-refractivity contribution in [2.24, 2.45) is 0 Å². The Labute approximate surface area is 112 Å². The maximum atomic E-state index is 11.5. The molecule has 0 radical (unpaired) electrons. The van der Waals surface area contributed by atoms with E-state index in [1.165, 1.54) is 13.3 Å². The van der Waals surface area contributed by atoms with Crippen molar-refractivity contribution >= 4 is 17.8 Å². The molecule has 0 amide bonds. The molecule has 0 saturated carbocycles. The monoisotopic (exact) mass is 266 g/mol. The van der Waals surface area contributed by atoms with Gasteiger partial charge in [0.05, 0.1) is 19.1 Å². The van der Waals surface area contributed by atoms with Crippen LogP contribution in [0.3, 0.4) is 0 Å². The van der Waals surface area contributed by atoms with Crippen LogP contribution in [0, 0.1) is 0 Å². The van der Waals surface area contributed by atoms with Crippen molar-refractivity contribution < 1.29 is 19.4 Å². The molecule has 0 aliphatic heterocycles. The molecular formula is C13H18N2O4. The molecule has 19 heavy (non-hydrogen) atoms. The summed E-state index contributed by atoms with van der Waals surface area (Å²) in [6.45, 7) is 4.22. The topological polar surface area (TPSA) is 79.7 Å². The summed E-state index contributed by atoms with van der Waals surface area (Å²) in [6.07, 6.45) is 1.53. The quantitative estimate of drug-likeness (QED) is 0.787. The van der Waals surface area contributed by atoms with Crippen LogP contribution in [0.5, 0.6) is 0 Å². The third-order valence-corrected chi connectivity index (χ3v) is 2.65. The number of methoxy groups -OCH3 is 1. The van der Waals surface area contributed by atoms with Gasteiger partial charge in [-0.3, -0.25) is 4.79 Å². The van der Waals surface area contributed by atoms with E-state index in [1.54, 1.807) is 12.1 Å². The molecule has 6 heteroatoms. The van der Waals surface area contributed by atoms with E-state index in [2.05, 4.69) is 9.72 Å². The molecule has 6 nitrogen and oxygen atoms in total. The number of carbonyl (C=O) groups excluding carboxylic acids is 1. The SMILES string of the molecule is COC(=O)c1ccnc(N(CCC(=O)O)C(C)C)c1. The lowest BCUT2D eigenvalue weighted by molar-refractivity contribution is -0.136. The van der Waals surface area contributed by atoms with Crippen LogP contribution in [0.4, 0.5) is 5.82 Å². The number of ether oxygens (including phenoxy) is 1. The first kappa shape index (κ1) is 14.9. The normalized spacial score (nSPS) is 10.3. The van der Waals surface area contributed by atoms with Gasteiger partial charge in [0.25, 0.3) is 0 Å². The Bertz CT molecular complexity index is 460. The summed E-state index contributed by atoms with van der Waals surface area (Å²) in [7, 11) is 1.31. The standard InChI is InChI=1S/C13H18N2O4/c1-9(2)15(7-5-12(16)17)11-8-10(4-6-14-11)13(18)19-3/h4,6,8-9H,5,7H2,1-3H3,(H,16,17). The van der Waals surface area contributed by atoms with Crippen LogP contribution in [0.15, 0.2) is 18.3 Å². The molecule has 0 aromatic carbocycles. The Morgan fingerprint density at radius 2 is 2.16 bits per heavy atom. The number of pyridine rings is 1. The number of anilines is 1. The summed E-state index contributed by atoms with van der Waals surface area (Å²) in [5, 5.41) is 8.75. The minimum absolute atomic E-state index is 0.0162. The number of hydrogen-bond donors (Lipinski definition) is 1. The van der Waals surface area contributed by atoms with Crippen LogP contribution in [0.1, 0.15) is 30.6 Å². The van der Waals surface area contributed by atoms with Crippen molar-refractivity contribution in [1.82, 2.24) is 4.98 Å². The van der Waals surface area contributed by atoms with Crippen LogP contribution in [-0.4, -0.2) is 41.7 Å². The average Bonchev–Trinajstić information content (AvgIpc) is 2.37. The van der Waals surface area contributed by atoms with Gasteiger partial charge < -0.3 is 14.7 Å². The van der Waals surface area contributed by atoms with E-state index < -0.39 is 11.9 Å².